The van der Waals surface area contributed by atoms with Crippen molar-refractivity contribution in [1.29, 1.82) is 0 Å². The van der Waals surface area contributed by atoms with Gasteiger partial charge in [0, 0.05) is 37.6 Å². The summed E-state index contributed by atoms with van der Waals surface area (Å²) in [4.78, 5) is 14.5. The first kappa shape index (κ1) is 16.8. The van der Waals surface area contributed by atoms with Crippen molar-refractivity contribution >= 4 is 5.91 Å². The Labute approximate surface area is 130 Å². The Balaban J connectivity index is 1.72. The zero-order valence-corrected chi connectivity index (χ0v) is 14.0. The van der Waals surface area contributed by atoms with E-state index in [4.69, 9.17) is 0 Å². The van der Waals surface area contributed by atoms with Gasteiger partial charge in [-0.3, -0.25) is 9.69 Å². The molecule has 21 heavy (non-hydrogen) atoms. The SMILES string of the molecule is CCCNC1CC2CCC(C1)N2CCC(=O)NCC(C)C. The molecule has 2 aliphatic rings. The minimum absolute atomic E-state index is 0.217. The second-order valence-corrected chi connectivity index (χ2v) is 7.19. The van der Waals surface area contributed by atoms with Gasteiger partial charge in [-0.05, 0) is 44.6 Å². The van der Waals surface area contributed by atoms with Crippen LogP contribution in [0.2, 0.25) is 0 Å². The lowest BCUT2D eigenvalue weighted by Gasteiger charge is -2.39. The van der Waals surface area contributed by atoms with Crippen molar-refractivity contribution in [3.63, 3.8) is 0 Å². The fraction of sp³-hybridized carbons (Fsp3) is 0.941. The monoisotopic (exact) mass is 295 g/mol. The lowest BCUT2D eigenvalue weighted by Crippen LogP contribution is -2.50. The maximum Gasteiger partial charge on any atom is 0.221 e. The van der Waals surface area contributed by atoms with Crippen molar-refractivity contribution < 1.29 is 4.79 Å². The fourth-order valence-electron chi connectivity index (χ4n) is 3.79. The first-order valence-corrected chi connectivity index (χ1v) is 8.86. The lowest BCUT2D eigenvalue weighted by molar-refractivity contribution is -0.121. The average molecular weight is 295 g/mol. The number of nitrogens with one attached hydrogen (secondary N) is 2. The Kier molecular flexibility index (Phi) is 6.49. The number of hydrogen-bond donors (Lipinski definition) is 2. The van der Waals surface area contributed by atoms with Crippen molar-refractivity contribution in [2.45, 2.75) is 77.4 Å². The first-order chi connectivity index (χ1) is 10.1. The number of rotatable bonds is 8. The van der Waals surface area contributed by atoms with Gasteiger partial charge in [0.15, 0.2) is 0 Å². The molecular weight excluding hydrogens is 262 g/mol. The molecule has 4 nitrogen and oxygen atoms in total. The summed E-state index contributed by atoms with van der Waals surface area (Å²) in [6, 6.07) is 2.11. The quantitative estimate of drug-likeness (QED) is 0.721. The molecule has 2 saturated heterocycles. The summed E-state index contributed by atoms with van der Waals surface area (Å²) < 4.78 is 0. The Morgan fingerprint density at radius 2 is 1.90 bits per heavy atom. The van der Waals surface area contributed by atoms with Crippen molar-refractivity contribution in [3.8, 4) is 0 Å². The molecule has 2 unspecified atom stereocenters. The third-order valence-electron chi connectivity index (χ3n) is 4.87. The smallest absolute Gasteiger partial charge is 0.221 e. The first-order valence-electron chi connectivity index (χ1n) is 8.86. The van der Waals surface area contributed by atoms with Gasteiger partial charge < -0.3 is 10.6 Å². The maximum atomic E-state index is 11.9. The molecule has 2 heterocycles. The van der Waals surface area contributed by atoms with E-state index in [0.29, 0.717) is 30.5 Å². The van der Waals surface area contributed by atoms with Gasteiger partial charge in [-0.15, -0.1) is 0 Å². The van der Waals surface area contributed by atoms with Crippen LogP contribution in [0.1, 0.15) is 59.3 Å². The van der Waals surface area contributed by atoms with Crippen LogP contribution >= 0.6 is 0 Å². The second-order valence-electron chi connectivity index (χ2n) is 7.19. The Morgan fingerprint density at radius 1 is 1.24 bits per heavy atom. The molecule has 2 N–H and O–H groups in total. The van der Waals surface area contributed by atoms with Gasteiger partial charge in [0.25, 0.3) is 0 Å². The van der Waals surface area contributed by atoms with Crippen LogP contribution in [-0.4, -0.2) is 48.6 Å². The molecule has 0 spiro atoms. The Bertz CT molecular complexity index is 318. The summed E-state index contributed by atoms with van der Waals surface area (Å²) in [5.74, 6) is 0.750. The highest BCUT2D eigenvalue weighted by molar-refractivity contribution is 5.76. The number of fused-ring (bicyclic) bond motifs is 2. The highest BCUT2D eigenvalue weighted by Gasteiger charge is 2.40. The summed E-state index contributed by atoms with van der Waals surface area (Å²) >= 11 is 0. The highest BCUT2D eigenvalue weighted by Crippen LogP contribution is 2.35. The molecule has 0 saturated carbocycles. The molecule has 0 radical (unpaired) electrons. The van der Waals surface area contributed by atoms with Crippen LogP contribution in [0.4, 0.5) is 0 Å². The molecule has 0 aliphatic carbocycles. The molecule has 2 atom stereocenters. The van der Waals surface area contributed by atoms with Gasteiger partial charge in [-0.25, -0.2) is 0 Å². The predicted molar refractivity (Wildman–Crippen MR) is 87.3 cm³/mol. The van der Waals surface area contributed by atoms with E-state index in [1.165, 1.54) is 32.1 Å². The summed E-state index contributed by atoms with van der Waals surface area (Å²) in [7, 11) is 0. The van der Waals surface area contributed by atoms with Gasteiger partial charge in [-0.1, -0.05) is 20.8 Å². The number of amides is 1. The van der Waals surface area contributed by atoms with Crippen molar-refractivity contribution in [2.75, 3.05) is 19.6 Å². The normalized spacial score (nSPS) is 29.0. The minimum Gasteiger partial charge on any atom is -0.356 e. The van der Waals surface area contributed by atoms with Gasteiger partial charge >= 0.3 is 0 Å². The Morgan fingerprint density at radius 3 is 2.48 bits per heavy atom. The third kappa shape index (κ3) is 4.96. The van der Waals surface area contributed by atoms with E-state index < -0.39 is 0 Å². The van der Waals surface area contributed by atoms with Crippen LogP contribution in [-0.2, 0) is 4.79 Å². The molecular formula is C17H33N3O. The zero-order chi connectivity index (χ0) is 15.2. The van der Waals surface area contributed by atoms with Crippen LogP contribution in [0.3, 0.4) is 0 Å². The van der Waals surface area contributed by atoms with Gasteiger partial charge in [0.05, 0.1) is 0 Å². The summed E-state index contributed by atoms with van der Waals surface area (Å²) in [5, 5.41) is 6.71. The zero-order valence-electron chi connectivity index (χ0n) is 14.0. The Hall–Kier alpha value is -0.610. The number of piperidine rings is 1. The van der Waals surface area contributed by atoms with Crippen LogP contribution < -0.4 is 10.6 Å². The van der Waals surface area contributed by atoms with E-state index >= 15 is 0 Å². The van der Waals surface area contributed by atoms with E-state index in [1.807, 2.05) is 0 Å². The molecule has 2 fully saturated rings. The van der Waals surface area contributed by atoms with E-state index in [2.05, 4.69) is 36.3 Å². The average Bonchev–Trinajstić information content (AvgIpc) is 2.69. The summed E-state index contributed by atoms with van der Waals surface area (Å²) in [6.07, 6.45) is 7.05. The number of carbonyl (C=O) groups is 1. The maximum absolute atomic E-state index is 11.9. The van der Waals surface area contributed by atoms with E-state index in [0.717, 1.165) is 19.6 Å². The fourth-order valence-corrected chi connectivity index (χ4v) is 3.79. The van der Waals surface area contributed by atoms with Gasteiger partial charge in [0.1, 0.15) is 0 Å². The number of nitrogens with zero attached hydrogens (tertiary/aromatic N) is 1. The molecule has 0 aromatic rings. The number of hydrogen-bond acceptors (Lipinski definition) is 3. The molecule has 2 rings (SSSR count). The summed E-state index contributed by atoms with van der Waals surface area (Å²) in [5.41, 5.74) is 0. The van der Waals surface area contributed by atoms with E-state index in [-0.39, 0.29) is 5.91 Å². The van der Waals surface area contributed by atoms with Crippen molar-refractivity contribution in [3.05, 3.63) is 0 Å². The highest BCUT2D eigenvalue weighted by atomic mass is 16.1. The molecule has 122 valence electrons. The van der Waals surface area contributed by atoms with Crippen LogP contribution in [0, 0.1) is 5.92 Å². The predicted octanol–water partition coefficient (Wildman–Crippen LogP) is 2.14. The molecule has 2 bridgehead atoms. The largest absolute Gasteiger partial charge is 0.356 e. The van der Waals surface area contributed by atoms with Gasteiger partial charge in [-0.2, -0.15) is 0 Å². The van der Waals surface area contributed by atoms with Crippen LogP contribution in [0.25, 0.3) is 0 Å². The van der Waals surface area contributed by atoms with E-state index in [9.17, 15) is 4.79 Å². The van der Waals surface area contributed by atoms with Crippen LogP contribution in [0.15, 0.2) is 0 Å². The standard InChI is InChI=1S/C17H33N3O/c1-4-8-18-14-10-15-5-6-16(11-14)20(15)9-7-17(21)19-12-13(2)3/h13-16,18H,4-12H2,1-3H3,(H,19,21). The molecule has 1 amide bonds. The second kappa shape index (κ2) is 8.14. The third-order valence-corrected chi connectivity index (χ3v) is 4.87. The molecule has 0 aromatic carbocycles. The topological polar surface area (TPSA) is 44.4 Å². The molecule has 2 aliphatic heterocycles. The number of carbonyl (C=O) groups excluding carboxylic acids is 1. The van der Waals surface area contributed by atoms with Gasteiger partial charge in [0.2, 0.25) is 5.91 Å². The molecule has 0 aromatic heterocycles. The summed E-state index contributed by atoms with van der Waals surface area (Å²) in [6.45, 7) is 9.38. The van der Waals surface area contributed by atoms with E-state index in [1.54, 1.807) is 0 Å². The minimum atomic E-state index is 0.217. The lowest BCUT2D eigenvalue weighted by atomic mass is 9.97. The van der Waals surface area contributed by atoms with Crippen molar-refractivity contribution in [2.24, 2.45) is 5.92 Å². The van der Waals surface area contributed by atoms with Crippen LogP contribution in [0.5, 0.6) is 0 Å². The van der Waals surface area contributed by atoms with Crippen molar-refractivity contribution in [1.82, 2.24) is 15.5 Å². The molecule has 4 heteroatoms.